The van der Waals surface area contributed by atoms with Crippen LogP contribution in [0.25, 0.3) is 11.1 Å². The number of carbonyl (C=O) groups excluding carboxylic acids is 2. The number of amides is 1. The van der Waals surface area contributed by atoms with E-state index in [1.54, 1.807) is 20.8 Å². The Morgan fingerprint density at radius 3 is 2.11 bits per heavy atom. The molecule has 0 aliphatic heterocycles. The minimum absolute atomic E-state index is 0.0684. The topological polar surface area (TPSA) is 84.9 Å². The molecule has 0 radical (unpaired) electrons. The maximum Gasteiger partial charge on any atom is 0.409 e. The van der Waals surface area contributed by atoms with Gasteiger partial charge in [-0.25, -0.2) is 4.79 Å². The van der Waals surface area contributed by atoms with Crippen molar-refractivity contribution < 1.29 is 24.2 Å². The fraction of sp³-hybridized carbons (Fsp3) is 0.364. The predicted molar refractivity (Wildman–Crippen MR) is 105 cm³/mol. The van der Waals surface area contributed by atoms with E-state index in [1.807, 2.05) is 36.4 Å². The van der Waals surface area contributed by atoms with Crippen molar-refractivity contribution in [3.05, 3.63) is 59.7 Å². The Bertz CT molecular complexity index is 826. The average molecular weight is 383 g/mol. The number of fused-ring (bicyclic) bond motifs is 3. The van der Waals surface area contributed by atoms with Crippen LogP contribution in [0.1, 0.15) is 44.2 Å². The van der Waals surface area contributed by atoms with Crippen LogP contribution in [0.4, 0.5) is 4.79 Å². The largest absolute Gasteiger partial charge is 0.460 e. The average Bonchev–Trinajstić information content (AvgIpc) is 2.92. The highest BCUT2D eigenvalue weighted by molar-refractivity contribution is 5.79. The summed E-state index contributed by atoms with van der Waals surface area (Å²) in [6.45, 7) is 5.34. The quantitative estimate of drug-likeness (QED) is 0.609. The number of alkyl carbamates (subject to hydrolysis) is 1. The summed E-state index contributed by atoms with van der Waals surface area (Å²) in [6.07, 6.45) is -2.50. The number of nitrogens with one attached hydrogen (secondary N) is 1. The van der Waals surface area contributed by atoms with Crippen LogP contribution in [0, 0.1) is 0 Å². The number of benzene rings is 2. The number of aliphatic hydroxyl groups is 1. The van der Waals surface area contributed by atoms with Gasteiger partial charge in [0.2, 0.25) is 0 Å². The fourth-order valence-electron chi connectivity index (χ4n) is 3.37. The van der Waals surface area contributed by atoms with Crippen LogP contribution in [-0.4, -0.2) is 35.6 Å². The second-order valence-electron chi connectivity index (χ2n) is 7.78. The monoisotopic (exact) mass is 383 g/mol. The summed E-state index contributed by atoms with van der Waals surface area (Å²) in [5.74, 6) is -0.667. The lowest BCUT2D eigenvalue weighted by Crippen LogP contribution is -2.38. The normalized spacial score (nSPS) is 14.0. The van der Waals surface area contributed by atoms with Gasteiger partial charge in [0, 0.05) is 5.92 Å². The third-order valence-corrected chi connectivity index (χ3v) is 4.41. The van der Waals surface area contributed by atoms with Crippen LogP contribution < -0.4 is 5.32 Å². The molecule has 2 N–H and O–H groups in total. The van der Waals surface area contributed by atoms with Crippen molar-refractivity contribution in [2.75, 3.05) is 6.61 Å². The van der Waals surface area contributed by atoms with Crippen molar-refractivity contribution in [1.82, 2.24) is 5.32 Å². The fourth-order valence-corrected chi connectivity index (χ4v) is 3.37. The van der Waals surface area contributed by atoms with Crippen LogP contribution in [-0.2, 0) is 14.3 Å². The molecular formula is C22H25NO5. The molecule has 0 saturated carbocycles. The second-order valence-corrected chi connectivity index (χ2v) is 7.78. The van der Waals surface area contributed by atoms with Gasteiger partial charge >= 0.3 is 12.1 Å². The van der Waals surface area contributed by atoms with E-state index in [1.165, 1.54) is 0 Å². The van der Waals surface area contributed by atoms with E-state index < -0.39 is 23.9 Å². The highest BCUT2D eigenvalue weighted by atomic mass is 16.6. The minimum atomic E-state index is -1.37. The number of hydrogen-bond acceptors (Lipinski definition) is 5. The molecule has 1 amide bonds. The molecule has 3 rings (SSSR count). The number of carbonyl (C=O) groups is 2. The number of ether oxygens (including phenoxy) is 2. The van der Waals surface area contributed by atoms with Crippen LogP contribution >= 0.6 is 0 Å². The Morgan fingerprint density at radius 2 is 1.57 bits per heavy atom. The van der Waals surface area contributed by atoms with Gasteiger partial charge in [-0.3, -0.25) is 10.1 Å². The van der Waals surface area contributed by atoms with Crippen molar-refractivity contribution in [2.24, 2.45) is 0 Å². The van der Waals surface area contributed by atoms with Gasteiger partial charge in [0.05, 0.1) is 6.42 Å². The van der Waals surface area contributed by atoms with Crippen molar-refractivity contribution in [3.63, 3.8) is 0 Å². The molecule has 148 valence electrons. The first-order valence-corrected chi connectivity index (χ1v) is 9.26. The first kappa shape index (κ1) is 19.9. The lowest BCUT2D eigenvalue weighted by atomic mass is 9.98. The number of rotatable bonds is 5. The maximum absolute atomic E-state index is 12.1. The summed E-state index contributed by atoms with van der Waals surface area (Å²) in [7, 11) is 0. The standard InChI is InChI=1S/C22H25NO5/c1-22(2,3)28-20(25)12-19(24)23-21(26)27-13-18-16-10-6-4-8-14(16)15-9-5-7-11-17(15)18/h4-11,18-19,24H,12-13H2,1-3H3,(H,23,26)/t19-/m0/s1. The zero-order chi connectivity index (χ0) is 20.3. The second kappa shape index (κ2) is 8.02. The molecule has 28 heavy (non-hydrogen) atoms. The molecule has 1 atom stereocenters. The summed E-state index contributed by atoms with van der Waals surface area (Å²) in [5.41, 5.74) is 3.83. The van der Waals surface area contributed by atoms with Crippen LogP contribution in [0.5, 0.6) is 0 Å². The van der Waals surface area contributed by atoms with E-state index in [-0.39, 0.29) is 18.9 Å². The van der Waals surface area contributed by atoms with E-state index in [0.29, 0.717) is 0 Å². The Balaban J connectivity index is 1.57. The summed E-state index contributed by atoms with van der Waals surface area (Å²) >= 11 is 0. The molecule has 1 aliphatic carbocycles. The van der Waals surface area contributed by atoms with E-state index in [2.05, 4.69) is 17.4 Å². The number of aliphatic hydroxyl groups excluding tert-OH is 1. The molecule has 6 heteroatoms. The van der Waals surface area contributed by atoms with Crippen LogP contribution in [0.3, 0.4) is 0 Å². The Morgan fingerprint density at radius 1 is 1.04 bits per heavy atom. The molecule has 2 aromatic carbocycles. The van der Waals surface area contributed by atoms with Crippen molar-refractivity contribution >= 4 is 12.1 Å². The smallest absolute Gasteiger partial charge is 0.409 e. The van der Waals surface area contributed by atoms with Gasteiger partial charge in [-0.1, -0.05) is 48.5 Å². The van der Waals surface area contributed by atoms with E-state index in [0.717, 1.165) is 22.3 Å². The van der Waals surface area contributed by atoms with Crippen molar-refractivity contribution in [1.29, 1.82) is 0 Å². The van der Waals surface area contributed by atoms with E-state index in [9.17, 15) is 14.7 Å². The van der Waals surface area contributed by atoms with Crippen molar-refractivity contribution in [3.8, 4) is 11.1 Å². The third-order valence-electron chi connectivity index (χ3n) is 4.41. The van der Waals surface area contributed by atoms with Gasteiger partial charge in [-0.2, -0.15) is 0 Å². The van der Waals surface area contributed by atoms with Gasteiger partial charge < -0.3 is 14.6 Å². The molecule has 0 spiro atoms. The summed E-state index contributed by atoms with van der Waals surface area (Å²) in [6, 6.07) is 16.1. The minimum Gasteiger partial charge on any atom is -0.460 e. The zero-order valence-electron chi connectivity index (χ0n) is 16.3. The first-order chi connectivity index (χ1) is 13.2. The molecule has 1 aliphatic rings. The van der Waals surface area contributed by atoms with Crippen molar-refractivity contribution in [2.45, 2.75) is 44.9 Å². The highest BCUT2D eigenvalue weighted by Gasteiger charge is 2.29. The lowest BCUT2D eigenvalue weighted by Gasteiger charge is -2.21. The third kappa shape index (κ3) is 4.70. The zero-order valence-corrected chi connectivity index (χ0v) is 16.3. The van der Waals surface area contributed by atoms with E-state index >= 15 is 0 Å². The molecule has 2 aromatic rings. The Labute approximate surface area is 164 Å². The predicted octanol–water partition coefficient (Wildman–Crippen LogP) is 3.58. The van der Waals surface area contributed by atoms with Gasteiger partial charge in [0.1, 0.15) is 18.4 Å². The van der Waals surface area contributed by atoms with Gasteiger partial charge in [0.15, 0.2) is 0 Å². The lowest BCUT2D eigenvalue weighted by molar-refractivity contribution is -0.157. The van der Waals surface area contributed by atoms with Crippen LogP contribution in [0.2, 0.25) is 0 Å². The molecular weight excluding hydrogens is 358 g/mol. The first-order valence-electron chi connectivity index (χ1n) is 9.26. The SMILES string of the molecule is CC(C)(C)OC(=O)C[C@H](O)NC(=O)OCC1c2ccccc2-c2ccccc21. The summed E-state index contributed by atoms with van der Waals surface area (Å²) in [4.78, 5) is 23.8. The Kier molecular flexibility index (Phi) is 5.70. The van der Waals surface area contributed by atoms with Gasteiger partial charge in [0.25, 0.3) is 0 Å². The Hall–Kier alpha value is -2.86. The molecule has 0 heterocycles. The summed E-state index contributed by atoms with van der Waals surface area (Å²) in [5, 5.41) is 12.1. The molecule has 6 nitrogen and oxygen atoms in total. The maximum atomic E-state index is 12.1. The molecule has 0 bridgehead atoms. The summed E-state index contributed by atoms with van der Waals surface area (Å²) < 4.78 is 10.4. The van der Waals surface area contributed by atoms with Gasteiger partial charge in [-0.05, 0) is 43.0 Å². The molecule has 0 unspecified atom stereocenters. The molecule has 0 aromatic heterocycles. The number of esters is 1. The van der Waals surface area contributed by atoms with E-state index in [4.69, 9.17) is 9.47 Å². The van der Waals surface area contributed by atoms with Gasteiger partial charge in [-0.15, -0.1) is 0 Å². The highest BCUT2D eigenvalue weighted by Crippen LogP contribution is 2.44. The molecule has 0 fully saturated rings. The number of hydrogen-bond donors (Lipinski definition) is 2. The molecule has 0 saturated heterocycles. The van der Waals surface area contributed by atoms with Crippen LogP contribution in [0.15, 0.2) is 48.5 Å².